The summed E-state index contributed by atoms with van der Waals surface area (Å²) in [5.74, 6) is -0.185. The number of pyridine rings is 1. The molecule has 0 N–H and O–H groups in total. The van der Waals surface area contributed by atoms with E-state index in [-0.39, 0.29) is 10.6 Å². The summed E-state index contributed by atoms with van der Waals surface area (Å²) in [6.45, 7) is 0. The molecule has 20 heavy (non-hydrogen) atoms. The second-order valence-corrected chi connectivity index (χ2v) is 5.79. The van der Waals surface area contributed by atoms with Gasteiger partial charge in [-0.15, -0.1) is 0 Å². The van der Waals surface area contributed by atoms with Gasteiger partial charge >= 0.3 is 0 Å². The van der Waals surface area contributed by atoms with E-state index in [4.69, 9.17) is 0 Å². The standard InChI is InChI=1S/C17H13BrFN/c18-15(14-6-2-3-7-16(14)19)11-13-10-9-12-5-1-4-8-17(12)20-13/h1-10,15H,11H2. The molecule has 1 unspecified atom stereocenters. The van der Waals surface area contributed by atoms with Gasteiger partial charge in [0.2, 0.25) is 0 Å². The monoisotopic (exact) mass is 329 g/mol. The van der Waals surface area contributed by atoms with E-state index < -0.39 is 0 Å². The SMILES string of the molecule is Fc1ccccc1C(Br)Cc1ccc2ccccc2n1. The van der Waals surface area contributed by atoms with E-state index in [0.717, 1.165) is 16.6 Å². The molecular formula is C17H13BrFN. The molecule has 0 saturated heterocycles. The summed E-state index contributed by atoms with van der Waals surface area (Å²) in [5, 5.41) is 1.12. The van der Waals surface area contributed by atoms with Crippen molar-refractivity contribution in [3.63, 3.8) is 0 Å². The van der Waals surface area contributed by atoms with E-state index in [2.05, 4.69) is 27.0 Å². The molecule has 0 aliphatic rings. The molecule has 0 radical (unpaired) electrons. The lowest BCUT2D eigenvalue weighted by Gasteiger charge is -2.11. The highest BCUT2D eigenvalue weighted by Gasteiger charge is 2.13. The Labute approximate surface area is 125 Å². The number of hydrogen-bond acceptors (Lipinski definition) is 1. The van der Waals surface area contributed by atoms with E-state index >= 15 is 0 Å². The molecule has 0 bridgehead atoms. The van der Waals surface area contributed by atoms with E-state index in [1.165, 1.54) is 6.07 Å². The number of nitrogens with zero attached hydrogens (tertiary/aromatic N) is 1. The van der Waals surface area contributed by atoms with Gasteiger partial charge < -0.3 is 0 Å². The van der Waals surface area contributed by atoms with Crippen LogP contribution in [0.1, 0.15) is 16.1 Å². The van der Waals surface area contributed by atoms with Crippen molar-refractivity contribution in [3.05, 3.63) is 77.7 Å². The average molecular weight is 330 g/mol. The molecule has 3 heteroatoms. The van der Waals surface area contributed by atoms with Gasteiger partial charge in [-0.3, -0.25) is 4.98 Å². The van der Waals surface area contributed by atoms with Gasteiger partial charge in [0.25, 0.3) is 0 Å². The molecule has 1 atom stereocenters. The maximum absolute atomic E-state index is 13.7. The highest BCUT2D eigenvalue weighted by Crippen LogP contribution is 2.28. The smallest absolute Gasteiger partial charge is 0.127 e. The van der Waals surface area contributed by atoms with Crippen molar-refractivity contribution in [1.29, 1.82) is 0 Å². The molecule has 1 aromatic heterocycles. The van der Waals surface area contributed by atoms with Crippen LogP contribution in [0, 0.1) is 5.82 Å². The lowest BCUT2D eigenvalue weighted by atomic mass is 10.1. The third-order valence-corrected chi connectivity index (χ3v) is 4.10. The van der Waals surface area contributed by atoms with Crippen LogP contribution in [-0.2, 0) is 6.42 Å². The molecule has 0 aliphatic carbocycles. The van der Waals surface area contributed by atoms with E-state index in [0.29, 0.717) is 12.0 Å². The number of aromatic nitrogens is 1. The van der Waals surface area contributed by atoms with Crippen molar-refractivity contribution in [2.75, 3.05) is 0 Å². The summed E-state index contributed by atoms with van der Waals surface area (Å²) in [6, 6.07) is 18.9. The Morgan fingerprint density at radius 2 is 1.70 bits per heavy atom. The van der Waals surface area contributed by atoms with Gasteiger partial charge in [0.1, 0.15) is 5.82 Å². The minimum Gasteiger partial charge on any atom is -0.253 e. The Morgan fingerprint density at radius 3 is 2.55 bits per heavy atom. The predicted molar refractivity (Wildman–Crippen MR) is 83.5 cm³/mol. The van der Waals surface area contributed by atoms with Gasteiger partial charge in [-0.25, -0.2) is 4.39 Å². The Hall–Kier alpha value is -1.74. The molecule has 0 saturated carbocycles. The summed E-state index contributed by atoms with van der Waals surface area (Å²) in [5.41, 5.74) is 2.59. The van der Waals surface area contributed by atoms with Crippen molar-refractivity contribution < 1.29 is 4.39 Å². The van der Waals surface area contributed by atoms with E-state index in [9.17, 15) is 4.39 Å². The first kappa shape index (κ1) is 13.3. The molecule has 1 heterocycles. The fourth-order valence-electron chi connectivity index (χ4n) is 2.24. The van der Waals surface area contributed by atoms with Crippen LogP contribution in [0.2, 0.25) is 0 Å². The molecule has 0 aliphatic heterocycles. The summed E-state index contributed by atoms with van der Waals surface area (Å²) in [6.07, 6.45) is 0.658. The fraction of sp³-hybridized carbons (Fsp3) is 0.118. The van der Waals surface area contributed by atoms with Crippen LogP contribution >= 0.6 is 15.9 Å². The first-order valence-electron chi connectivity index (χ1n) is 6.47. The number of rotatable bonds is 3. The summed E-state index contributed by atoms with van der Waals surface area (Å²) < 4.78 is 13.7. The molecule has 2 aromatic carbocycles. The quantitative estimate of drug-likeness (QED) is 0.612. The molecule has 3 aromatic rings. The zero-order valence-electron chi connectivity index (χ0n) is 10.8. The summed E-state index contributed by atoms with van der Waals surface area (Å²) >= 11 is 3.56. The van der Waals surface area contributed by atoms with Crippen molar-refractivity contribution in [2.45, 2.75) is 11.2 Å². The molecular weight excluding hydrogens is 317 g/mol. The molecule has 0 amide bonds. The number of benzene rings is 2. The Bertz CT molecular complexity index is 742. The van der Waals surface area contributed by atoms with Gasteiger partial charge in [0.15, 0.2) is 0 Å². The molecule has 3 rings (SSSR count). The van der Waals surface area contributed by atoms with Gasteiger partial charge in [-0.2, -0.15) is 0 Å². The zero-order chi connectivity index (χ0) is 13.9. The molecule has 100 valence electrons. The van der Waals surface area contributed by atoms with Crippen molar-refractivity contribution in [3.8, 4) is 0 Å². The highest BCUT2D eigenvalue weighted by molar-refractivity contribution is 9.09. The second kappa shape index (κ2) is 5.71. The van der Waals surface area contributed by atoms with Crippen molar-refractivity contribution >= 4 is 26.8 Å². The minimum atomic E-state index is -0.185. The van der Waals surface area contributed by atoms with Gasteiger partial charge in [0, 0.05) is 27.9 Å². The van der Waals surface area contributed by atoms with Gasteiger partial charge in [-0.1, -0.05) is 58.4 Å². The Kier molecular flexibility index (Phi) is 3.79. The minimum absolute atomic E-state index is 0.0719. The van der Waals surface area contributed by atoms with Crippen molar-refractivity contribution in [1.82, 2.24) is 4.98 Å². The summed E-state index contributed by atoms with van der Waals surface area (Å²) in [7, 11) is 0. The third-order valence-electron chi connectivity index (χ3n) is 3.29. The normalized spacial score (nSPS) is 12.5. The van der Waals surface area contributed by atoms with Crippen molar-refractivity contribution in [2.24, 2.45) is 0 Å². The number of alkyl halides is 1. The van der Waals surface area contributed by atoms with Crippen LogP contribution in [0.3, 0.4) is 0 Å². The van der Waals surface area contributed by atoms with Crippen LogP contribution in [0.4, 0.5) is 4.39 Å². The number of halogens is 2. The largest absolute Gasteiger partial charge is 0.253 e. The first-order valence-corrected chi connectivity index (χ1v) is 7.39. The maximum Gasteiger partial charge on any atom is 0.127 e. The van der Waals surface area contributed by atoms with Gasteiger partial charge in [-0.05, 0) is 18.2 Å². The highest BCUT2D eigenvalue weighted by atomic mass is 79.9. The maximum atomic E-state index is 13.7. The van der Waals surface area contributed by atoms with Crippen LogP contribution in [-0.4, -0.2) is 4.98 Å². The molecule has 0 spiro atoms. The molecule has 0 fully saturated rings. The number of para-hydroxylation sites is 1. The number of hydrogen-bond donors (Lipinski definition) is 0. The lowest BCUT2D eigenvalue weighted by Crippen LogP contribution is -2.00. The molecule has 1 nitrogen and oxygen atoms in total. The topological polar surface area (TPSA) is 12.9 Å². The van der Waals surface area contributed by atoms with E-state index in [1.807, 2.05) is 36.4 Å². The average Bonchev–Trinajstić information content (AvgIpc) is 2.47. The Morgan fingerprint density at radius 1 is 0.950 bits per heavy atom. The predicted octanol–water partition coefficient (Wildman–Crippen LogP) is 5.05. The zero-order valence-corrected chi connectivity index (χ0v) is 12.3. The van der Waals surface area contributed by atoms with Crippen LogP contribution in [0.15, 0.2) is 60.7 Å². The second-order valence-electron chi connectivity index (χ2n) is 4.69. The fourth-order valence-corrected chi connectivity index (χ4v) is 2.95. The summed E-state index contributed by atoms with van der Waals surface area (Å²) in [4.78, 5) is 4.55. The van der Waals surface area contributed by atoms with Crippen LogP contribution in [0.5, 0.6) is 0 Å². The number of fused-ring (bicyclic) bond motifs is 1. The first-order chi connectivity index (χ1) is 9.74. The third kappa shape index (κ3) is 2.73. The van der Waals surface area contributed by atoms with Crippen LogP contribution < -0.4 is 0 Å². The Balaban J connectivity index is 1.87. The lowest BCUT2D eigenvalue weighted by molar-refractivity contribution is 0.607. The van der Waals surface area contributed by atoms with Crippen LogP contribution in [0.25, 0.3) is 10.9 Å². The van der Waals surface area contributed by atoms with Gasteiger partial charge in [0.05, 0.1) is 5.52 Å². The van der Waals surface area contributed by atoms with E-state index in [1.54, 1.807) is 12.1 Å².